The Morgan fingerprint density at radius 3 is 2.23 bits per heavy atom. The summed E-state index contributed by atoms with van der Waals surface area (Å²) in [5.74, 6) is -3.68. The molecule has 0 radical (unpaired) electrons. The van der Waals surface area contributed by atoms with E-state index in [0.29, 0.717) is 12.5 Å². The van der Waals surface area contributed by atoms with Crippen LogP contribution in [0.2, 0.25) is 0 Å². The van der Waals surface area contributed by atoms with Gasteiger partial charge in [0.25, 0.3) is 0 Å². The molecule has 9 heteroatoms. The highest BCUT2D eigenvalue weighted by molar-refractivity contribution is 14.0. The molecular formula is C17H26F3IN4O. The van der Waals surface area contributed by atoms with Gasteiger partial charge in [0.05, 0.1) is 0 Å². The number of rotatable bonds is 7. The second kappa shape index (κ2) is 12.0. The Labute approximate surface area is 169 Å². The molecule has 0 aromatic heterocycles. The van der Waals surface area contributed by atoms with Crippen LogP contribution in [0.1, 0.15) is 25.3 Å². The summed E-state index contributed by atoms with van der Waals surface area (Å²) in [5, 5.41) is 3.12. The fraction of sp³-hybridized carbons (Fsp3) is 0.529. The van der Waals surface area contributed by atoms with E-state index in [4.69, 9.17) is 0 Å². The zero-order valence-corrected chi connectivity index (χ0v) is 17.8. The third kappa shape index (κ3) is 7.79. The maximum absolute atomic E-state index is 13.4. The largest absolute Gasteiger partial charge is 0.356 e. The van der Waals surface area contributed by atoms with E-state index in [1.165, 1.54) is 4.90 Å². The van der Waals surface area contributed by atoms with E-state index in [-0.39, 0.29) is 48.5 Å². The molecule has 0 aliphatic carbocycles. The number of amides is 1. The number of nitrogens with one attached hydrogen (secondary N) is 1. The van der Waals surface area contributed by atoms with Gasteiger partial charge in [-0.05, 0) is 24.1 Å². The van der Waals surface area contributed by atoms with E-state index in [9.17, 15) is 18.0 Å². The predicted octanol–water partition coefficient (Wildman–Crippen LogP) is 2.99. The lowest BCUT2D eigenvalue weighted by Gasteiger charge is -2.23. The molecule has 0 atom stereocenters. The Morgan fingerprint density at radius 1 is 1.15 bits per heavy atom. The van der Waals surface area contributed by atoms with E-state index in [1.807, 2.05) is 6.92 Å². The van der Waals surface area contributed by atoms with Gasteiger partial charge in [-0.15, -0.1) is 24.0 Å². The second-order valence-electron chi connectivity index (χ2n) is 5.94. The van der Waals surface area contributed by atoms with Crippen LogP contribution in [0, 0.1) is 17.5 Å². The molecule has 1 aromatic rings. The Morgan fingerprint density at radius 2 is 1.73 bits per heavy atom. The number of nitrogens with zero attached hydrogens (tertiary/aromatic N) is 3. The molecule has 5 nitrogen and oxygen atoms in total. The Balaban J connectivity index is 0.00000625. The van der Waals surface area contributed by atoms with Crippen molar-refractivity contribution in [1.82, 2.24) is 15.1 Å². The van der Waals surface area contributed by atoms with Crippen molar-refractivity contribution in [2.45, 2.75) is 26.3 Å². The van der Waals surface area contributed by atoms with Gasteiger partial charge < -0.3 is 15.1 Å². The summed E-state index contributed by atoms with van der Waals surface area (Å²) in [7, 11) is 4.95. The quantitative estimate of drug-likeness (QED) is 0.212. The van der Waals surface area contributed by atoms with Gasteiger partial charge in [0.2, 0.25) is 5.91 Å². The van der Waals surface area contributed by atoms with E-state index < -0.39 is 17.5 Å². The molecule has 0 saturated carbocycles. The van der Waals surface area contributed by atoms with Gasteiger partial charge in [-0.3, -0.25) is 4.79 Å². The van der Waals surface area contributed by atoms with Crippen molar-refractivity contribution in [2.75, 3.05) is 34.2 Å². The van der Waals surface area contributed by atoms with Crippen LogP contribution in [0.5, 0.6) is 0 Å². The molecule has 0 saturated heterocycles. The molecule has 1 amide bonds. The fourth-order valence-corrected chi connectivity index (χ4v) is 2.02. The summed E-state index contributed by atoms with van der Waals surface area (Å²) >= 11 is 0. The summed E-state index contributed by atoms with van der Waals surface area (Å²) in [6.07, 6.45) is 1.89. The minimum Gasteiger partial charge on any atom is -0.356 e. The number of likely N-dealkylation sites (N-methyl/N-ethyl adjacent to an activating group) is 1. The number of aliphatic imine (C=N–C) groups is 1. The monoisotopic (exact) mass is 486 g/mol. The molecule has 0 fully saturated rings. The first kappa shape index (κ1) is 24.5. The van der Waals surface area contributed by atoms with Gasteiger partial charge >= 0.3 is 0 Å². The maximum Gasteiger partial charge on any atom is 0.243 e. The van der Waals surface area contributed by atoms with Crippen molar-refractivity contribution in [2.24, 2.45) is 4.99 Å². The van der Waals surface area contributed by atoms with Gasteiger partial charge in [-0.25, -0.2) is 18.2 Å². The van der Waals surface area contributed by atoms with Crippen molar-refractivity contribution >= 4 is 35.8 Å². The van der Waals surface area contributed by atoms with Crippen LogP contribution in [0.25, 0.3) is 0 Å². The van der Waals surface area contributed by atoms with Crippen molar-refractivity contribution < 1.29 is 18.0 Å². The van der Waals surface area contributed by atoms with E-state index in [1.54, 1.807) is 26.0 Å². The van der Waals surface area contributed by atoms with Gasteiger partial charge in [-0.1, -0.05) is 13.3 Å². The van der Waals surface area contributed by atoms with Crippen molar-refractivity contribution in [3.8, 4) is 0 Å². The SMILES string of the molecule is CCCCNC(=NCC(=O)N(C)C)N(C)Cc1cc(F)c(F)c(F)c1.I. The Kier molecular flexibility index (Phi) is 11.3. The number of halogens is 4. The number of carbonyl (C=O) groups is 1. The lowest BCUT2D eigenvalue weighted by atomic mass is 10.2. The minimum absolute atomic E-state index is 0. The van der Waals surface area contributed by atoms with Crippen LogP contribution >= 0.6 is 24.0 Å². The van der Waals surface area contributed by atoms with E-state index in [2.05, 4.69) is 10.3 Å². The molecule has 1 rings (SSSR count). The number of benzene rings is 1. The Bertz CT molecular complexity index is 603. The topological polar surface area (TPSA) is 47.9 Å². The van der Waals surface area contributed by atoms with Crippen LogP contribution in [-0.4, -0.2) is 55.9 Å². The standard InChI is InChI=1S/C17H25F3N4O.HI/c1-5-6-7-21-17(22-10-15(25)23(2)3)24(4)11-12-8-13(18)16(20)14(19)9-12;/h8-9H,5-7,10-11H2,1-4H3,(H,21,22);1H. The lowest BCUT2D eigenvalue weighted by molar-refractivity contribution is -0.127. The third-order valence-electron chi connectivity index (χ3n) is 3.50. The molecule has 26 heavy (non-hydrogen) atoms. The zero-order chi connectivity index (χ0) is 19.0. The van der Waals surface area contributed by atoms with E-state index in [0.717, 1.165) is 25.0 Å². The van der Waals surface area contributed by atoms with Gasteiger partial charge in [0, 0.05) is 34.2 Å². The average molecular weight is 486 g/mol. The van der Waals surface area contributed by atoms with Crippen LogP contribution in [0.3, 0.4) is 0 Å². The Hall–Kier alpha value is -1.52. The first-order valence-electron chi connectivity index (χ1n) is 8.09. The van der Waals surface area contributed by atoms with Crippen LogP contribution < -0.4 is 5.32 Å². The van der Waals surface area contributed by atoms with Crippen molar-refractivity contribution in [1.29, 1.82) is 0 Å². The average Bonchev–Trinajstić information content (AvgIpc) is 2.55. The summed E-state index contributed by atoms with van der Waals surface area (Å²) in [5.41, 5.74) is 0.267. The fourth-order valence-electron chi connectivity index (χ4n) is 2.02. The third-order valence-corrected chi connectivity index (χ3v) is 3.50. The van der Waals surface area contributed by atoms with Crippen molar-refractivity contribution in [3.05, 3.63) is 35.1 Å². The number of guanidine groups is 1. The molecule has 0 unspecified atom stereocenters. The summed E-state index contributed by atoms with van der Waals surface area (Å²) in [4.78, 5) is 19.0. The smallest absolute Gasteiger partial charge is 0.243 e. The molecule has 1 aromatic carbocycles. The molecule has 148 valence electrons. The maximum atomic E-state index is 13.4. The molecule has 0 bridgehead atoms. The zero-order valence-electron chi connectivity index (χ0n) is 15.5. The first-order chi connectivity index (χ1) is 11.8. The first-order valence-corrected chi connectivity index (χ1v) is 8.09. The second-order valence-corrected chi connectivity index (χ2v) is 5.94. The van der Waals surface area contributed by atoms with Crippen LogP contribution in [0.15, 0.2) is 17.1 Å². The molecule has 0 aliphatic heterocycles. The van der Waals surface area contributed by atoms with Crippen molar-refractivity contribution in [3.63, 3.8) is 0 Å². The minimum atomic E-state index is -1.49. The number of hydrogen-bond donors (Lipinski definition) is 1. The summed E-state index contributed by atoms with van der Waals surface area (Å²) < 4.78 is 39.8. The summed E-state index contributed by atoms with van der Waals surface area (Å²) in [6.45, 7) is 2.77. The molecule has 1 N–H and O–H groups in total. The molecule has 0 aliphatic rings. The van der Waals surface area contributed by atoms with Gasteiger partial charge in [0.1, 0.15) is 6.54 Å². The number of carbonyl (C=O) groups excluding carboxylic acids is 1. The van der Waals surface area contributed by atoms with E-state index >= 15 is 0 Å². The lowest BCUT2D eigenvalue weighted by Crippen LogP contribution is -2.40. The highest BCUT2D eigenvalue weighted by atomic mass is 127. The van der Waals surface area contributed by atoms with Gasteiger partial charge in [0.15, 0.2) is 23.4 Å². The van der Waals surface area contributed by atoms with Crippen LogP contribution in [-0.2, 0) is 11.3 Å². The molecule has 0 spiro atoms. The highest BCUT2D eigenvalue weighted by Crippen LogP contribution is 2.14. The van der Waals surface area contributed by atoms with Crippen LogP contribution in [0.4, 0.5) is 13.2 Å². The predicted molar refractivity (Wildman–Crippen MR) is 107 cm³/mol. The normalized spacial score (nSPS) is 11.0. The summed E-state index contributed by atoms with van der Waals surface area (Å²) in [6, 6.07) is 1.90. The van der Waals surface area contributed by atoms with Gasteiger partial charge in [-0.2, -0.15) is 0 Å². The highest BCUT2D eigenvalue weighted by Gasteiger charge is 2.14. The number of hydrogen-bond acceptors (Lipinski definition) is 2. The number of unbranched alkanes of at least 4 members (excludes halogenated alkanes) is 1. The molecular weight excluding hydrogens is 460 g/mol. The molecule has 0 heterocycles.